The first-order valence-electron chi connectivity index (χ1n) is 5.63. The molecule has 1 N–H and O–H groups in total. The van der Waals surface area contributed by atoms with Crippen molar-refractivity contribution in [2.45, 2.75) is 25.8 Å². The first-order chi connectivity index (χ1) is 8.18. The second-order valence-corrected chi connectivity index (χ2v) is 4.08. The van der Waals surface area contributed by atoms with Gasteiger partial charge in [-0.25, -0.2) is 4.79 Å². The lowest BCUT2D eigenvalue weighted by atomic mass is 10.1. The second-order valence-electron chi connectivity index (χ2n) is 4.08. The van der Waals surface area contributed by atoms with Gasteiger partial charge < -0.3 is 10.0 Å². The standard InChI is InChI=1S/C12H14N2O3/c15-11-5-1-2-7-14(11)8-10-9(12(16)17)4-3-6-13-10/h3-4,6H,1-2,5,7-8H2,(H,16,17). The summed E-state index contributed by atoms with van der Waals surface area (Å²) in [7, 11) is 0. The van der Waals surface area contributed by atoms with Crippen molar-refractivity contribution in [1.82, 2.24) is 9.88 Å². The van der Waals surface area contributed by atoms with E-state index in [0.29, 0.717) is 25.2 Å². The summed E-state index contributed by atoms with van der Waals surface area (Å²) in [5.41, 5.74) is 0.626. The summed E-state index contributed by atoms with van der Waals surface area (Å²) in [6, 6.07) is 3.10. The maximum atomic E-state index is 11.6. The monoisotopic (exact) mass is 234 g/mol. The van der Waals surface area contributed by atoms with Crippen molar-refractivity contribution in [3.8, 4) is 0 Å². The van der Waals surface area contributed by atoms with Crippen molar-refractivity contribution in [2.24, 2.45) is 0 Å². The number of pyridine rings is 1. The average molecular weight is 234 g/mol. The zero-order chi connectivity index (χ0) is 12.3. The van der Waals surface area contributed by atoms with Crippen LogP contribution in [0.25, 0.3) is 0 Å². The molecule has 17 heavy (non-hydrogen) atoms. The summed E-state index contributed by atoms with van der Waals surface area (Å²) in [6.45, 7) is 0.982. The Hall–Kier alpha value is -1.91. The van der Waals surface area contributed by atoms with E-state index in [4.69, 9.17) is 5.11 Å². The molecule has 1 aliphatic rings. The number of aromatic nitrogens is 1. The van der Waals surface area contributed by atoms with Gasteiger partial charge in [0.05, 0.1) is 17.8 Å². The number of hydrogen-bond acceptors (Lipinski definition) is 3. The van der Waals surface area contributed by atoms with E-state index in [9.17, 15) is 9.59 Å². The molecule has 5 nitrogen and oxygen atoms in total. The molecule has 2 rings (SSSR count). The fourth-order valence-corrected chi connectivity index (χ4v) is 1.97. The number of carbonyl (C=O) groups excluding carboxylic acids is 1. The predicted molar refractivity (Wildman–Crippen MR) is 60.5 cm³/mol. The van der Waals surface area contributed by atoms with Crippen LogP contribution in [0.1, 0.15) is 35.3 Å². The number of carboxylic acid groups (broad SMARTS) is 1. The van der Waals surface area contributed by atoms with Gasteiger partial charge in [-0.1, -0.05) is 0 Å². The predicted octanol–water partition coefficient (Wildman–Crippen LogP) is 1.29. The quantitative estimate of drug-likeness (QED) is 0.855. The molecule has 1 saturated heterocycles. The van der Waals surface area contributed by atoms with Crippen molar-refractivity contribution in [3.63, 3.8) is 0 Å². The van der Waals surface area contributed by atoms with Crippen LogP contribution in [0.4, 0.5) is 0 Å². The van der Waals surface area contributed by atoms with Gasteiger partial charge in [0.1, 0.15) is 0 Å². The normalized spacial score (nSPS) is 16.0. The number of likely N-dealkylation sites (tertiary alicyclic amines) is 1. The molecule has 90 valence electrons. The van der Waals surface area contributed by atoms with Gasteiger partial charge in [-0.2, -0.15) is 0 Å². The summed E-state index contributed by atoms with van der Waals surface area (Å²) < 4.78 is 0. The molecular formula is C12H14N2O3. The van der Waals surface area contributed by atoms with Gasteiger partial charge >= 0.3 is 5.97 Å². The summed E-state index contributed by atoms with van der Waals surface area (Å²) in [4.78, 5) is 28.4. The minimum absolute atomic E-state index is 0.0817. The molecule has 0 atom stereocenters. The van der Waals surface area contributed by atoms with Crippen LogP contribution in [0.15, 0.2) is 18.3 Å². The molecule has 0 aromatic carbocycles. The Morgan fingerprint density at radius 2 is 2.29 bits per heavy atom. The third-order valence-corrected chi connectivity index (χ3v) is 2.88. The minimum atomic E-state index is -1.00. The maximum Gasteiger partial charge on any atom is 0.337 e. The number of nitrogens with zero attached hydrogens (tertiary/aromatic N) is 2. The van der Waals surface area contributed by atoms with Crippen LogP contribution < -0.4 is 0 Å². The number of aromatic carboxylic acids is 1. The molecule has 1 aliphatic heterocycles. The lowest BCUT2D eigenvalue weighted by molar-refractivity contribution is -0.133. The minimum Gasteiger partial charge on any atom is -0.478 e. The molecule has 0 aliphatic carbocycles. The fourth-order valence-electron chi connectivity index (χ4n) is 1.97. The summed E-state index contributed by atoms with van der Waals surface area (Å²) in [5, 5.41) is 9.02. The molecule has 0 saturated carbocycles. The van der Waals surface area contributed by atoms with Crippen LogP contribution in [0.5, 0.6) is 0 Å². The largest absolute Gasteiger partial charge is 0.478 e. The zero-order valence-corrected chi connectivity index (χ0v) is 9.43. The first kappa shape index (κ1) is 11.6. The number of hydrogen-bond donors (Lipinski definition) is 1. The number of carbonyl (C=O) groups is 2. The van der Waals surface area contributed by atoms with Gasteiger partial charge in [-0.05, 0) is 25.0 Å². The molecule has 5 heteroatoms. The van der Waals surface area contributed by atoms with E-state index >= 15 is 0 Å². The summed E-state index contributed by atoms with van der Waals surface area (Å²) in [6.07, 6.45) is 4.00. The molecule has 0 bridgehead atoms. The Kier molecular flexibility index (Phi) is 3.37. The highest BCUT2D eigenvalue weighted by Crippen LogP contribution is 2.15. The van der Waals surface area contributed by atoms with E-state index in [1.807, 2.05) is 0 Å². The Labute approximate surface area is 99.1 Å². The smallest absolute Gasteiger partial charge is 0.337 e. The van der Waals surface area contributed by atoms with Crippen LogP contribution in [-0.4, -0.2) is 33.4 Å². The Morgan fingerprint density at radius 1 is 1.47 bits per heavy atom. The lowest BCUT2D eigenvalue weighted by Crippen LogP contribution is -2.35. The SMILES string of the molecule is O=C(O)c1cccnc1CN1CCCCC1=O. The van der Waals surface area contributed by atoms with Crippen molar-refractivity contribution in [3.05, 3.63) is 29.6 Å². The van der Waals surface area contributed by atoms with E-state index in [2.05, 4.69) is 4.98 Å². The average Bonchev–Trinajstić information content (AvgIpc) is 2.32. The van der Waals surface area contributed by atoms with Crippen molar-refractivity contribution >= 4 is 11.9 Å². The second kappa shape index (κ2) is 4.95. The Morgan fingerprint density at radius 3 is 3.00 bits per heavy atom. The maximum absolute atomic E-state index is 11.6. The van der Waals surface area contributed by atoms with Crippen LogP contribution >= 0.6 is 0 Å². The number of amides is 1. The van der Waals surface area contributed by atoms with Gasteiger partial charge in [0.2, 0.25) is 5.91 Å². The molecule has 1 aromatic rings. The molecule has 2 heterocycles. The van der Waals surface area contributed by atoms with E-state index < -0.39 is 5.97 Å². The van der Waals surface area contributed by atoms with Gasteiger partial charge in [0.15, 0.2) is 0 Å². The molecule has 1 amide bonds. The third-order valence-electron chi connectivity index (χ3n) is 2.88. The van der Waals surface area contributed by atoms with Crippen LogP contribution in [0.2, 0.25) is 0 Å². The Balaban J connectivity index is 2.17. The van der Waals surface area contributed by atoms with Gasteiger partial charge in [0, 0.05) is 19.2 Å². The summed E-state index contributed by atoms with van der Waals surface area (Å²) >= 11 is 0. The van der Waals surface area contributed by atoms with E-state index in [0.717, 1.165) is 12.8 Å². The molecule has 1 fully saturated rings. The van der Waals surface area contributed by atoms with Crippen LogP contribution in [0.3, 0.4) is 0 Å². The number of piperidine rings is 1. The van der Waals surface area contributed by atoms with Gasteiger partial charge in [0.25, 0.3) is 0 Å². The highest BCUT2D eigenvalue weighted by Gasteiger charge is 2.20. The van der Waals surface area contributed by atoms with Crippen LogP contribution in [-0.2, 0) is 11.3 Å². The van der Waals surface area contributed by atoms with Gasteiger partial charge in [-0.3, -0.25) is 9.78 Å². The van der Waals surface area contributed by atoms with Crippen LogP contribution in [0, 0.1) is 0 Å². The highest BCUT2D eigenvalue weighted by molar-refractivity contribution is 5.89. The molecule has 0 spiro atoms. The van der Waals surface area contributed by atoms with Gasteiger partial charge in [-0.15, -0.1) is 0 Å². The fraction of sp³-hybridized carbons (Fsp3) is 0.417. The Bertz CT molecular complexity index is 445. The first-order valence-corrected chi connectivity index (χ1v) is 5.63. The summed E-state index contributed by atoms with van der Waals surface area (Å²) in [5.74, 6) is -0.921. The van der Waals surface area contributed by atoms with Crippen molar-refractivity contribution < 1.29 is 14.7 Å². The van der Waals surface area contributed by atoms with E-state index in [1.54, 1.807) is 17.2 Å². The zero-order valence-electron chi connectivity index (χ0n) is 9.43. The topological polar surface area (TPSA) is 70.5 Å². The molecule has 0 unspecified atom stereocenters. The number of carboxylic acids is 1. The molecular weight excluding hydrogens is 220 g/mol. The lowest BCUT2D eigenvalue weighted by Gasteiger charge is -2.26. The highest BCUT2D eigenvalue weighted by atomic mass is 16.4. The van der Waals surface area contributed by atoms with Crippen molar-refractivity contribution in [2.75, 3.05) is 6.54 Å². The van der Waals surface area contributed by atoms with Crippen molar-refractivity contribution in [1.29, 1.82) is 0 Å². The number of rotatable bonds is 3. The molecule has 1 aromatic heterocycles. The third kappa shape index (κ3) is 2.61. The van der Waals surface area contributed by atoms with E-state index in [1.165, 1.54) is 6.07 Å². The molecule has 0 radical (unpaired) electrons. The van der Waals surface area contributed by atoms with E-state index in [-0.39, 0.29) is 11.5 Å².